The molecule has 0 saturated carbocycles. The van der Waals surface area contributed by atoms with Crippen LogP contribution in [-0.2, 0) is 33.3 Å². The van der Waals surface area contributed by atoms with Gasteiger partial charge in [-0.15, -0.1) is 0 Å². The minimum absolute atomic E-state index is 0.175. The minimum Gasteiger partial charge on any atom is -0.477 e. The number of quaternary nitrogens is 1. The highest BCUT2D eigenvalue weighted by molar-refractivity contribution is 5.71. The van der Waals surface area contributed by atoms with Crippen LogP contribution in [0.2, 0.25) is 0 Å². The molecule has 9 nitrogen and oxygen atoms in total. The van der Waals surface area contributed by atoms with Crippen LogP contribution in [0.1, 0.15) is 296 Å². The number of allylic oxidation sites excluding steroid dienone is 24. The molecule has 91 heavy (non-hydrogen) atoms. The van der Waals surface area contributed by atoms with Gasteiger partial charge in [0.1, 0.15) is 13.2 Å². The number of nitrogens with zero attached hydrogens (tertiary/aromatic N) is 1. The van der Waals surface area contributed by atoms with Crippen LogP contribution < -0.4 is 0 Å². The van der Waals surface area contributed by atoms with Gasteiger partial charge in [-0.1, -0.05) is 314 Å². The largest absolute Gasteiger partial charge is 0.477 e. The van der Waals surface area contributed by atoms with E-state index in [0.717, 1.165) is 116 Å². The van der Waals surface area contributed by atoms with E-state index in [-0.39, 0.29) is 32.2 Å². The van der Waals surface area contributed by atoms with E-state index in [2.05, 4.69) is 160 Å². The zero-order valence-electron chi connectivity index (χ0n) is 59.2. The van der Waals surface area contributed by atoms with Crippen molar-refractivity contribution in [2.75, 3.05) is 47.5 Å². The van der Waals surface area contributed by atoms with Gasteiger partial charge in [-0.05, 0) is 116 Å². The fraction of sp³-hybridized carbons (Fsp3) is 0.671. The Balaban J connectivity index is 4.05. The highest BCUT2D eigenvalue weighted by Gasteiger charge is 2.25. The van der Waals surface area contributed by atoms with Gasteiger partial charge in [0.15, 0.2) is 6.10 Å². The van der Waals surface area contributed by atoms with Gasteiger partial charge < -0.3 is 28.5 Å². The number of unbranched alkanes of at least 4 members (excludes halogenated alkanes) is 28. The minimum atomic E-state index is -1.53. The summed E-state index contributed by atoms with van der Waals surface area (Å²) in [5.41, 5.74) is 0. The lowest BCUT2D eigenvalue weighted by molar-refractivity contribution is -0.870. The highest BCUT2D eigenvalue weighted by atomic mass is 16.7. The van der Waals surface area contributed by atoms with E-state index in [1.165, 1.54) is 148 Å². The quantitative estimate of drug-likeness (QED) is 0.0211. The van der Waals surface area contributed by atoms with Gasteiger partial charge in [0.2, 0.25) is 0 Å². The van der Waals surface area contributed by atoms with Gasteiger partial charge in [0, 0.05) is 12.8 Å². The molecule has 0 fully saturated rings. The van der Waals surface area contributed by atoms with E-state index < -0.39 is 24.3 Å². The number of hydrogen-bond acceptors (Lipinski definition) is 7. The zero-order chi connectivity index (χ0) is 66.1. The van der Waals surface area contributed by atoms with Gasteiger partial charge in [-0.2, -0.15) is 0 Å². The summed E-state index contributed by atoms with van der Waals surface area (Å²) in [4.78, 5) is 37.6. The summed E-state index contributed by atoms with van der Waals surface area (Å²) in [6.07, 6.45) is 101. The second-order valence-corrected chi connectivity index (χ2v) is 25.5. The standard InChI is InChI=1S/C82H137NO8/c1-6-8-10-12-14-16-18-20-22-24-26-28-30-32-33-34-35-36-37-38-39-40-41-42-43-44-45-46-47-49-50-52-54-56-58-60-62-64-66-68-70-72-79(84)89-76-78(77-90-82(81(86)87)88-75-74-83(3,4)5)91-80(85)73-71-69-67-65-63-61-59-57-55-53-51-48-31-29-27-25-23-21-19-17-15-13-11-9-7-2/h8-11,14-17,20-23,26-29,32-33,48,51,55,57,61,63,78,82H,6-7,12-13,18-19,24-25,30-31,34-47,49-50,52-54,56,58-60,62,64-77H2,1-5H3/p+1/b10-8-,11-9-,16-14-,17-15-,22-20-,23-21-,28-26-,29-27-,33-32-,51-48-,57-55-,63-61-. The van der Waals surface area contributed by atoms with Crippen LogP contribution in [0.3, 0.4) is 0 Å². The summed E-state index contributed by atoms with van der Waals surface area (Å²) in [6.45, 7) is 4.62. The Hall–Kier alpha value is -4.83. The third-order valence-electron chi connectivity index (χ3n) is 15.6. The fourth-order valence-electron chi connectivity index (χ4n) is 10.0. The first kappa shape index (κ1) is 86.2. The number of carboxylic acid groups (broad SMARTS) is 1. The van der Waals surface area contributed by atoms with Gasteiger partial charge >= 0.3 is 17.9 Å². The monoisotopic (exact) mass is 1270 g/mol. The fourth-order valence-corrected chi connectivity index (χ4v) is 10.0. The first-order valence-corrected chi connectivity index (χ1v) is 37.0. The molecule has 0 aliphatic heterocycles. The van der Waals surface area contributed by atoms with Crippen molar-refractivity contribution in [3.8, 4) is 0 Å². The van der Waals surface area contributed by atoms with Gasteiger partial charge in [-0.3, -0.25) is 9.59 Å². The van der Waals surface area contributed by atoms with Gasteiger partial charge in [0.25, 0.3) is 6.29 Å². The molecule has 0 aromatic heterocycles. The molecule has 2 atom stereocenters. The molecule has 0 bridgehead atoms. The second kappa shape index (κ2) is 71.0. The van der Waals surface area contributed by atoms with E-state index in [4.69, 9.17) is 18.9 Å². The van der Waals surface area contributed by atoms with E-state index in [1.54, 1.807) is 0 Å². The third-order valence-corrected chi connectivity index (χ3v) is 15.6. The van der Waals surface area contributed by atoms with Gasteiger partial charge in [0.05, 0.1) is 34.4 Å². The summed E-state index contributed by atoms with van der Waals surface area (Å²) in [6, 6.07) is 0. The van der Waals surface area contributed by atoms with Gasteiger partial charge in [-0.25, -0.2) is 4.79 Å². The van der Waals surface area contributed by atoms with Crippen molar-refractivity contribution in [3.05, 3.63) is 146 Å². The summed E-state index contributed by atoms with van der Waals surface area (Å²) < 4.78 is 22.9. The maximum absolute atomic E-state index is 12.9. The maximum Gasteiger partial charge on any atom is 0.361 e. The average Bonchev–Trinajstić information content (AvgIpc) is 3.46. The molecule has 0 aromatic carbocycles. The van der Waals surface area contributed by atoms with Crippen LogP contribution in [-0.4, -0.2) is 87.4 Å². The molecular weight excluding hydrogens is 1130 g/mol. The summed E-state index contributed by atoms with van der Waals surface area (Å²) in [5.74, 6) is -2.05. The maximum atomic E-state index is 12.9. The normalized spacial score (nSPS) is 13.5. The molecule has 0 aliphatic carbocycles. The number of rotatable bonds is 67. The molecular formula is C82H138NO8+. The van der Waals surface area contributed by atoms with Crippen molar-refractivity contribution < 1.29 is 42.9 Å². The molecule has 0 radical (unpaired) electrons. The smallest absolute Gasteiger partial charge is 0.361 e. The molecule has 0 heterocycles. The van der Waals surface area contributed by atoms with E-state index in [1.807, 2.05) is 21.1 Å². The third kappa shape index (κ3) is 72.5. The number of carbonyl (C=O) groups excluding carboxylic acids is 2. The molecule has 0 aliphatic rings. The second-order valence-electron chi connectivity index (χ2n) is 25.5. The zero-order valence-corrected chi connectivity index (χ0v) is 59.2. The summed E-state index contributed by atoms with van der Waals surface area (Å²) in [5, 5.41) is 9.75. The average molecular weight is 1270 g/mol. The lowest BCUT2D eigenvalue weighted by Crippen LogP contribution is -2.40. The van der Waals surface area contributed by atoms with Crippen LogP contribution >= 0.6 is 0 Å². The Morgan fingerprint density at radius 1 is 0.330 bits per heavy atom. The van der Waals surface area contributed by atoms with E-state index in [0.29, 0.717) is 23.9 Å². The molecule has 9 heteroatoms. The number of aliphatic carboxylic acids is 1. The molecule has 0 saturated heterocycles. The number of hydrogen-bond donors (Lipinski definition) is 1. The first-order chi connectivity index (χ1) is 44.6. The molecule has 0 aromatic rings. The Bertz CT molecular complexity index is 2010. The lowest BCUT2D eigenvalue weighted by atomic mass is 10.0. The number of ether oxygens (including phenoxy) is 4. The Labute approximate surface area is 560 Å². The van der Waals surface area contributed by atoms with Crippen LogP contribution in [0.25, 0.3) is 0 Å². The van der Waals surface area contributed by atoms with Crippen molar-refractivity contribution >= 4 is 17.9 Å². The van der Waals surface area contributed by atoms with E-state index >= 15 is 0 Å². The van der Waals surface area contributed by atoms with E-state index in [9.17, 15) is 19.5 Å². The predicted octanol–water partition coefficient (Wildman–Crippen LogP) is 23.5. The summed E-state index contributed by atoms with van der Waals surface area (Å²) >= 11 is 0. The van der Waals surface area contributed by atoms with Crippen LogP contribution in [0.15, 0.2) is 146 Å². The van der Waals surface area contributed by atoms with Crippen LogP contribution in [0.5, 0.6) is 0 Å². The molecule has 0 spiro atoms. The number of carbonyl (C=O) groups is 3. The molecule has 1 N–H and O–H groups in total. The Kier molecular flexibility index (Phi) is 67.3. The lowest BCUT2D eigenvalue weighted by Gasteiger charge is -2.25. The molecule has 518 valence electrons. The van der Waals surface area contributed by atoms with Crippen molar-refractivity contribution in [3.63, 3.8) is 0 Å². The molecule has 2 unspecified atom stereocenters. The predicted molar refractivity (Wildman–Crippen MR) is 391 cm³/mol. The number of carboxylic acids is 1. The first-order valence-electron chi connectivity index (χ1n) is 37.0. The molecule has 0 rings (SSSR count). The Morgan fingerprint density at radius 3 is 0.890 bits per heavy atom. The van der Waals surface area contributed by atoms with Crippen molar-refractivity contribution in [2.24, 2.45) is 0 Å². The van der Waals surface area contributed by atoms with Crippen molar-refractivity contribution in [2.45, 2.75) is 309 Å². The van der Waals surface area contributed by atoms with Crippen molar-refractivity contribution in [1.29, 1.82) is 0 Å². The topological polar surface area (TPSA) is 108 Å². The highest BCUT2D eigenvalue weighted by Crippen LogP contribution is 2.18. The number of likely N-dealkylation sites (N-methyl/N-ethyl adjacent to an activating group) is 1. The van der Waals surface area contributed by atoms with Crippen LogP contribution in [0, 0.1) is 0 Å². The SMILES string of the molecule is CC/C=C\C/C=C\C/C=C\C/C=C\C/C=C\C/C=C\C/C=C\CCCCCC(=O)OC(COC(=O)CCCCCCCCCCCCCCCCCCCCCCCCCCC/C=C\C/C=C\C/C=C\C/C=C\C/C=C\CC)COC(OCC[N+](C)(C)C)C(=O)O. The molecule has 0 amide bonds. The van der Waals surface area contributed by atoms with Crippen molar-refractivity contribution in [1.82, 2.24) is 0 Å². The van der Waals surface area contributed by atoms with Crippen LogP contribution in [0.4, 0.5) is 0 Å². The summed E-state index contributed by atoms with van der Waals surface area (Å²) in [7, 11) is 5.96. The Morgan fingerprint density at radius 2 is 0.593 bits per heavy atom. The number of esters is 2.